The number of halogens is 1. The summed E-state index contributed by atoms with van der Waals surface area (Å²) in [5.41, 5.74) is 0.891. The molecule has 25 heavy (non-hydrogen) atoms. The maximum absolute atomic E-state index is 13.5. The first-order chi connectivity index (χ1) is 12.0. The van der Waals surface area contributed by atoms with Crippen LogP contribution in [-0.2, 0) is 9.59 Å². The van der Waals surface area contributed by atoms with E-state index in [1.54, 1.807) is 30.9 Å². The Balaban J connectivity index is 1.85. The number of carbonyl (C=O) groups excluding carboxylic acids is 2. The normalized spacial score (nSPS) is 11.6. The minimum absolute atomic E-state index is 0.0614. The van der Waals surface area contributed by atoms with Crippen molar-refractivity contribution < 1.29 is 18.9 Å². The number of rotatable bonds is 7. The fourth-order valence-corrected chi connectivity index (χ4v) is 2.86. The molecule has 0 aliphatic heterocycles. The van der Waals surface area contributed by atoms with Gasteiger partial charge in [-0.2, -0.15) is 0 Å². The predicted molar refractivity (Wildman–Crippen MR) is 98.5 cm³/mol. The Morgan fingerprint density at radius 2 is 1.48 bits per heavy atom. The standard InChI is InChI=1S/C18H20FN3O2S/c1-22(11-17(23)20-14-8-4-3-7-13(14)19)12-18(24)21-15-9-5-6-10-16(15)25-2/h3-10H,11-12H2,1-2H3,(H,20,23)(H,21,24)/p+1. The van der Waals surface area contributed by atoms with Crippen molar-refractivity contribution in [2.45, 2.75) is 4.90 Å². The Labute approximate surface area is 150 Å². The Bertz CT molecular complexity index is 755. The van der Waals surface area contributed by atoms with Gasteiger partial charge in [0.2, 0.25) is 0 Å². The van der Waals surface area contributed by atoms with Crippen molar-refractivity contribution in [3.05, 3.63) is 54.3 Å². The van der Waals surface area contributed by atoms with Crippen molar-refractivity contribution in [3.63, 3.8) is 0 Å². The first kappa shape index (κ1) is 19.0. The fraction of sp³-hybridized carbons (Fsp3) is 0.222. The number of para-hydroxylation sites is 2. The van der Waals surface area contributed by atoms with E-state index in [2.05, 4.69) is 10.6 Å². The van der Waals surface area contributed by atoms with Crippen LogP contribution in [0.2, 0.25) is 0 Å². The summed E-state index contributed by atoms with van der Waals surface area (Å²) in [6.07, 6.45) is 1.94. The summed E-state index contributed by atoms with van der Waals surface area (Å²) in [7, 11) is 1.74. The van der Waals surface area contributed by atoms with Crippen LogP contribution < -0.4 is 15.5 Å². The summed E-state index contributed by atoms with van der Waals surface area (Å²) in [4.78, 5) is 25.8. The second kappa shape index (κ2) is 9.19. The second-order valence-corrected chi connectivity index (χ2v) is 6.44. The monoisotopic (exact) mass is 362 g/mol. The van der Waals surface area contributed by atoms with E-state index in [9.17, 15) is 14.0 Å². The molecule has 0 fully saturated rings. The molecular formula is C18H21FN3O2S+. The molecule has 7 heteroatoms. The smallest absolute Gasteiger partial charge is 0.279 e. The highest BCUT2D eigenvalue weighted by Gasteiger charge is 2.16. The number of benzene rings is 2. The van der Waals surface area contributed by atoms with Crippen LogP contribution in [0.1, 0.15) is 0 Å². The predicted octanol–water partition coefficient (Wildman–Crippen LogP) is 1.64. The lowest BCUT2D eigenvalue weighted by atomic mass is 10.3. The summed E-state index contributed by atoms with van der Waals surface area (Å²) in [6.45, 7) is 0.194. The van der Waals surface area contributed by atoms with E-state index in [0.717, 1.165) is 10.6 Å². The number of nitrogens with one attached hydrogen (secondary N) is 3. The number of thioether (sulfide) groups is 1. The molecule has 0 spiro atoms. The molecule has 0 aliphatic rings. The van der Waals surface area contributed by atoms with Gasteiger partial charge in [0.15, 0.2) is 13.1 Å². The fourth-order valence-electron chi connectivity index (χ4n) is 2.31. The Morgan fingerprint density at radius 3 is 2.08 bits per heavy atom. The second-order valence-electron chi connectivity index (χ2n) is 5.59. The molecule has 0 radical (unpaired) electrons. The lowest BCUT2D eigenvalue weighted by Crippen LogP contribution is -3.11. The van der Waals surface area contributed by atoms with Crippen molar-refractivity contribution in [3.8, 4) is 0 Å². The molecule has 0 bridgehead atoms. The molecule has 0 aromatic heterocycles. The van der Waals surface area contributed by atoms with Gasteiger partial charge in [0, 0.05) is 4.90 Å². The van der Waals surface area contributed by atoms with Crippen molar-refractivity contribution in [2.75, 3.05) is 37.0 Å². The molecule has 0 aliphatic carbocycles. The molecule has 1 atom stereocenters. The van der Waals surface area contributed by atoms with Crippen LogP contribution in [0.5, 0.6) is 0 Å². The van der Waals surface area contributed by atoms with Crippen molar-refractivity contribution >= 4 is 35.0 Å². The number of quaternary nitrogens is 1. The van der Waals surface area contributed by atoms with Crippen LogP contribution >= 0.6 is 11.8 Å². The van der Waals surface area contributed by atoms with E-state index in [1.807, 2.05) is 30.5 Å². The topological polar surface area (TPSA) is 62.6 Å². The maximum atomic E-state index is 13.5. The SMILES string of the molecule is CSc1ccccc1NC(=O)C[NH+](C)CC(=O)Nc1ccccc1F. The molecule has 2 aromatic carbocycles. The van der Waals surface area contributed by atoms with Gasteiger partial charge in [-0.1, -0.05) is 24.3 Å². The highest BCUT2D eigenvalue weighted by Crippen LogP contribution is 2.24. The number of carbonyl (C=O) groups is 2. The first-order valence-electron chi connectivity index (χ1n) is 7.78. The quantitative estimate of drug-likeness (QED) is 0.656. The van der Waals surface area contributed by atoms with Crippen LogP contribution in [0.3, 0.4) is 0 Å². The van der Waals surface area contributed by atoms with Crippen molar-refractivity contribution in [1.29, 1.82) is 0 Å². The number of hydrogen-bond acceptors (Lipinski definition) is 3. The molecule has 0 saturated carbocycles. The zero-order valence-corrected chi connectivity index (χ0v) is 15.0. The average Bonchev–Trinajstić information content (AvgIpc) is 2.57. The molecule has 2 amide bonds. The largest absolute Gasteiger partial charge is 0.322 e. The highest BCUT2D eigenvalue weighted by atomic mass is 32.2. The number of anilines is 2. The van der Waals surface area contributed by atoms with Gasteiger partial charge in [-0.3, -0.25) is 9.59 Å². The van der Waals surface area contributed by atoms with Crippen molar-refractivity contribution in [2.24, 2.45) is 0 Å². The zero-order chi connectivity index (χ0) is 18.2. The summed E-state index contributed by atoms with van der Waals surface area (Å²) in [5, 5.41) is 5.36. The average molecular weight is 362 g/mol. The summed E-state index contributed by atoms with van der Waals surface area (Å²) in [6, 6.07) is 13.5. The van der Waals surface area contributed by atoms with Gasteiger partial charge >= 0.3 is 0 Å². The number of hydrogen-bond donors (Lipinski definition) is 3. The van der Waals surface area contributed by atoms with Crippen LogP contribution in [0.4, 0.5) is 15.8 Å². The molecule has 2 aromatic rings. The Kier molecular flexibility index (Phi) is 6.97. The first-order valence-corrected chi connectivity index (χ1v) is 9.00. The lowest BCUT2D eigenvalue weighted by Gasteiger charge is -2.15. The highest BCUT2D eigenvalue weighted by molar-refractivity contribution is 7.98. The summed E-state index contributed by atoms with van der Waals surface area (Å²) in [5.74, 6) is -1.02. The van der Waals surface area contributed by atoms with Gasteiger partial charge in [-0.25, -0.2) is 4.39 Å². The van der Waals surface area contributed by atoms with Gasteiger partial charge in [-0.15, -0.1) is 11.8 Å². The molecule has 3 N–H and O–H groups in total. The molecule has 1 unspecified atom stereocenters. The van der Waals surface area contributed by atoms with Gasteiger partial charge < -0.3 is 15.5 Å². The van der Waals surface area contributed by atoms with E-state index >= 15 is 0 Å². The molecule has 2 rings (SSSR count). The van der Waals surface area contributed by atoms with E-state index in [0.29, 0.717) is 4.90 Å². The molecule has 0 heterocycles. The van der Waals surface area contributed by atoms with Crippen LogP contribution in [0.15, 0.2) is 53.4 Å². The van der Waals surface area contributed by atoms with Gasteiger partial charge in [0.05, 0.1) is 18.4 Å². The number of likely N-dealkylation sites (N-methyl/N-ethyl adjacent to an activating group) is 1. The van der Waals surface area contributed by atoms with Gasteiger partial charge in [-0.05, 0) is 30.5 Å². The van der Waals surface area contributed by atoms with Gasteiger partial charge in [0.1, 0.15) is 5.82 Å². The summed E-state index contributed by atoms with van der Waals surface area (Å²) >= 11 is 1.55. The Hall–Kier alpha value is -2.38. The minimum Gasteiger partial charge on any atom is -0.322 e. The Morgan fingerprint density at radius 1 is 0.960 bits per heavy atom. The zero-order valence-electron chi connectivity index (χ0n) is 14.1. The minimum atomic E-state index is -0.486. The third-order valence-electron chi connectivity index (χ3n) is 3.45. The van der Waals surface area contributed by atoms with Gasteiger partial charge in [0.25, 0.3) is 11.8 Å². The van der Waals surface area contributed by atoms with E-state index in [-0.39, 0.29) is 30.6 Å². The van der Waals surface area contributed by atoms with E-state index in [1.165, 1.54) is 12.1 Å². The maximum Gasteiger partial charge on any atom is 0.279 e. The lowest BCUT2D eigenvalue weighted by molar-refractivity contribution is -0.862. The molecule has 5 nitrogen and oxygen atoms in total. The molecule has 132 valence electrons. The van der Waals surface area contributed by atoms with Crippen LogP contribution in [0.25, 0.3) is 0 Å². The van der Waals surface area contributed by atoms with Crippen LogP contribution in [0, 0.1) is 5.82 Å². The van der Waals surface area contributed by atoms with E-state index in [4.69, 9.17) is 0 Å². The molecule has 0 saturated heterocycles. The molecular weight excluding hydrogens is 341 g/mol. The third-order valence-corrected chi connectivity index (χ3v) is 4.25. The third kappa shape index (κ3) is 5.88. The number of amides is 2. The van der Waals surface area contributed by atoms with Crippen LogP contribution in [-0.4, -0.2) is 38.2 Å². The van der Waals surface area contributed by atoms with E-state index < -0.39 is 5.82 Å². The summed E-state index contributed by atoms with van der Waals surface area (Å²) < 4.78 is 13.5. The van der Waals surface area contributed by atoms with Crippen molar-refractivity contribution in [1.82, 2.24) is 0 Å².